The number of hydrogen-bond acceptors (Lipinski definition) is 2. The Balaban J connectivity index is 1.73. The number of likely N-dealkylation sites (tertiary alicyclic amines) is 1. The number of hydrogen-bond donors (Lipinski definition) is 1. The van der Waals surface area contributed by atoms with Gasteiger partial charge in [0.1, 0.15) is 0 Å². The molecule has 2 saturated heterocycles. The average Bonchev–Trinajstić information content (AvgIpc) is 2.79. The maximum absolute atomic E-state index is 3.47. The Kier molecular flexibility index (Phi) is 3.17. The molecule has 0 aromatic heterocycles. The van der Waals surface area contributed by atoms with Gasteiger partial charge in [0.15, 0.2) is 0 Å². The average molecular weight is 230 g/mol. The van der Waals surface area contributed by atoms with Crippen LogP contribution in [0.5, 0.6) is 0 Å². The molecule has 2 heterocycles. The minimum Gasteiger partial charge on any atom is -0.316 e. The Bertz CT molecular complexity index is 376. The molecule has 0 radical (unpaired) electrons. The third-order valence-corrected chi connectivity index (χ3v) is 4.23. The van der Waals surface area contributed by atoms with Crippen molar-refractivity contribution in [2.24, 2.45) is 5.92 Å². The molecule has 0 aliphatic carbocycles. The second-order valence-corrected chi connectivity index (χ2v) is 5.68. The zero-order valence-corrected chi connectivity index (χ0v) is 10.7. The van der Waals surface area contributed by atoms with Crippen LogP contribution in [-0.2, 0) is 6.42 Å². The van der Waals surface area contributed by atoms with E-state index in [1.165, 1.54) is 39.0 Å². The quantitative estimate of drug-likeness (QED) is 0.853. The lowest BCUT2D eigenvalue weighted by Crippen LogP contribution is -2.42. The molecule has 1 N–H and O–H groups in total. The number of nitrogens with zero attached hydrogens (tertiary/aromatic N) is 1. The van der Waals surface area contributed by atoms with Gasteiger partial charge in [0, 0.05) is 19.0 Å². The molecule has 0 spiro atoms. The van der Waals surface area contributed by atoms with E-state index in [1.54, 1.807) is 11.1 Å². The third-order valence-electron chi connectivity index (χ3n) is 4.23. The van der Waals surface area contributed by atoms with Crippen molar-refractivity contribution >= 4 is 0 Å². The van der Waals surface area contributed by atoms with E-state index in [4.69, 9.17) is 0 Å². The molecular weight excluding hydrogens is 208 g/mol. The first-order chi connectivity index (χ1) is 8.33. The summed E-state index contributed by atoms with van der Waals surface area (Å²) in [4.78, 5) is 2.40. The van der Waals surface area contributed by atoms with Crippen molar-refractivity contribution in [3.63, 3.8) is 0 Å². The molecule has 3 rings (SSSR count). The van der Waals surface area contributed by atoms with Crippen LogP contribution in [0.1, 0.15) is 23.5 Å². The number of benzene rings is 1. The highest BCUT2D eigenvalue weighted by atomic mass is 15.2. The van der Waals surface area contributed by atoms with Gasteiger partial charge in [-0.2, -0.15) is 0 Å². The lowest BCUT2D eigenvalue weighted by Gasteiger charge is -2.37. The summed E-state index contributed by atoms with van der Waals surface area (Å²) in [6, 6.07) is 9.08. The van der Waals surface area contributed by atoms with Gasteiger partial charge < -0.3 is 10.2 Å². The highest BCUT2D eigenvalue weighted by Gasteiger charge is 2.27. The predicted octanol–water partition coefficient (Wildman–Crippen LogP) is 1.87. The van der Waals surface area contributed by atoms with E-state index < -0.39 is 0 Å². The van der Waals surface area contributed by atoms with E-state index in [2.05, 4.69) is 41.5 Å². The molecule has 0 amide bonds. The van der Waals surface area contributed by atoms with Crippen molar-refractivity contribution < 1.29 is 0 Å². The largest absolute Gasteiger partial charge is 0.316 e. The fourth-order valence-electron chi connectivity index (χ4n) is 3.21. The van der Waals surface area contributed by atoms with Crippen molar-refractivity contribution in [1.29, 1.82) is 0 Å². The predicted molar refractivity (Wildman–Crippen MR) is 71.4 cm³/mol. The summed E-state index contributed by atoms with van der Waals surface area (Å²) in [5.74, 6) is 1.64. The van der Waals surface area contributed by atoms with Crippen molar-refractivity contribution in [3.8, 4) is 0 Å². The summed E-state index contributed by atoms with van der Waals surface area (Å²) in [5, 5.41) is 3.47. The zero-order valence-electron chi connectivity index (χ0n) is 10.7. The van der Waals surface area contributed by atoms with Gasteiger partial charge in [-0.3, -0.25) is 0 Å². The molecule has 92 valence electrons. The summed E-state index contributed by atoms with van der Waals surface area (Å²) in [6.07, 6.45) is 2.61. The van der Waals surface area contributed by atoms with E-state index in [0.717, 1.165) is 11.8 Å². The Labute approximate surface area is 104 Å². The Morgan fingerprint density at radius 3 is 2.82 bits per heavy atom. The Morgan fingerprint density at radius 1 is 1.29 bits per heavy atom. The molecular formula is C15H22N2. The van der Waals surface area contributed by atoms with Crippen LogP contribution >= 0.6 is 0 Å². The van der Waals surface area contributed by atoms with Gasteiger partial charge in [-0.05, 0) is 50.0 Å². The fraction of sp³-hybridized carbons (Fsp3) is 0.600. The Morgan fingerprint density at radius 2 is 2.12 bits per heavy atom. The van der Waals surface area contributed by atoms with Gasteiger partial charge in [0.25, 0.3) is 0 Å². The summed E-state index contributed by atoms with van der Waals surface area (Å²) < 4.78 is 0. The number of rotatable bonds is 3. The monoisotopic (exact) mass is 230 g/mol. The van der Waals surface area contributed by atoms with E-state index in [9.17, 15) is 0 Å². The van der Waals surface area contributed by atoms with E-state index >= 15 is 0 Å². The summed E-state index contributed by atoms with van der Waals surface area (Å²) in [5.41, 5.74) is 3.21. The Hall–Kier alpha value is -0.860. The van der Waals surface area contributed by atoms with Crippen LogP contribution in [0.25, 0.3) is 0 Å². The van der Waals surface area contributed by atoms with E-state index in [0.29, 0.717) is 0 Å². The van der Waals surface area contributed by atoms with Crippen LogP contribution in [0.4, 0.5) is 0 Å². The van der Waals surface area contributed by atoms with Crippen LogP contribution in [0.15, 0.2) is 24.3 Å². The smallest absolute Gasteiger partial charge is 0.00961 e. The molecule has 2 nitrogen and oxygen atoms in total. The van der Waals surface area contributed by atoms with E-state index in [-0.39, 0.29) is 0 Å². The van der Waals surface area contributed by atoms with Gasteiger partial charge in [0.2, 0.25) is 0 Å². The minimum atomic E-state index is 0.783. The van der Waals surface area contributed by atoms with Crippen molar-refractivity contribution in [2.75, 3.05) is 33.2 Å². The SMILES string of the molecule is CN1CC(c2ccccc2CC2CCNC2)C1. The van der Waals surface area contributed by atoms with Gasteiger partial charge in [-0.15, -0.1) is 0 Å². The maximum atomic E-state index is 3.47. The minimum absolute atomic E-state index is 0.783. The molecule has 1 atom stereocenters. The number of likely N-dealkylation sites (N-methyl/N-ethyl adjacent to an activating group) is 1. The lowest BCUT2D eigenvalue weighted by atomic mass is 9.85. The second-order valence-electron chi connectivity index (χ2n) is 5.68. The van der Waals surface area contributed by atoms with Crippen molar-refractivity contribution in [1.82, 2.24) is 10.2 Å². The fourth-order valence-corrected chi connectivity index (χ4v) is 3.21. The van der Waals surface area contributed by atoms with Crippen LogP contribution in [0.3, 0.4) is 0 Å². The van der Waals surface area contributed by atoms with Crippen molar-refractivity contribution in [3.05, 3.63) is 35.4 Å². The first kappa shape index (κ1) is 11.2. The maximum Gasteiger partial charge on any atom is 0.00961 e. The molecule has 1 aromatic carbocycles. The highest BCUT2D eigenvalue weighted by Crippen LogP contribution is 2.30. The molecule has 17 heavy (non-hydrogen) atoms. The first-order valence-electron chi connectivity index (χ1n) is 6.80. The zero-order chi connectivity index (χ0) is 11.7. The van der Waals surface area contributed by atoms with Gasteiger partial charge >= 0.3 is 0 Å². The third kappa shape index (κ3) is 2.38. The second kappa shape index (κ2) is 4.79. The molecule has 2 fully saturated rings. The van der Waals surface area contributed by atoms with E-state index in [1.807, 2.05) is 0 Å². The van der Waals surface area contributed by atoms with Crippen LogP contribution in [-0.4, -0.2) is 38.1 Å². The molecule has 1 aromatic rings. The van der Waals surface area contributed by atoms with Crippen LogP contribution in [0, 0.1) is 5.92 Å². The number of nitrogens with one attached hydrogen (secondary N) is 1. The van der Waals surface area contributed by atoms with Crippen molar-refractivity contribution in [2.45, 2.75) is 18.8 Å². The summed E-state index contributed by atoms with van der Waals surface area (Å²) in [7, 11) is 2.21. The molecule has 2 aliphatic rings. The normalized spacial score (nSPS) is 26.1. The molecule has 2 heteroatoms. The summed E-state index contributed by atoms with van der Waals surface area (Å²) in [6.45, 7) is 4.89. The van der Waals surface area contributed by atoms with Crippen LogP contribution in [0.2, 0.25) is 0 Å². The molecule has 0 bridgehead atoms. The lowest BCUT2D eigenvalue weighted by molar-refractivity contribution is 0.189. The topological polar surface area (TPSA) is 15.3 Å². The van der Waals surface area contributed by atoms with Crippen LogP contribution < -0.4 is 5.32 Å². The molecule has 0 saturated carbocycles. The molecule has 1 unspecified atom stereocenters. The molecule has 2 aliphatic heterocycles. The van der Waals surface area contributed by atoms with Gasteiger partial charge in [-0.25, -0.2) is 0 Å². The van der Waals surface area contributed by atoms with Gasteiger partial charge in [-0.1, -0.05) is 24.3 Å². The summed E-state index contributed by atoms with van der Waals surface area (Å²) >= 11 is 0. The standard InChI is InChI=1S/C15H22N2/c1-17-10-14(11-17)15-5-3-2-4-13(15)8-12-6-7-16-9-12/h2-5,12,14,16H,6-11H2,1H3. The van der Waals surface area contributed by atoms with Gasteiger partial charge in [0.05, 0.1) is 0 Å². The highest BCUT2D eigenvalue weighted by molar-refractivity contribution is 5.33. The first-order valence-corrected chi connectivity index (χ1v) is 6.80.